The van der Waals surface area contributed by atoms with Crippen molar-refractivity contribution in [3.8, 4) is 5.75 Å². The molecular formula is C19H20ClN3O3. The number of nitrogens with one attached hydrogen (secondary N) is 2. The molecule has 1 heterocycles. The Morgan fingerprint density at radius 1 is 1.23 bits per heavy atom. The Morgan fingerprint density at radius 2 is 2.00 bits per heavy atom. The van der Waals surface area contributed by atoms with E-state index >= 15 is 0 Å². The van der Waals surface area contributed by atoms with Crippen LogP contribution in [0.1, 0.15) is 18.4 Å². The lowest BCUT2D eigenvalue weighted by Gasteiger charge is -2.20. The summed E-state index contributed by atoms with van der Waals surface area (Å²) >= 11 is 5.85. The molecule has 2 aromatic rings. The van der Waals surface area contributed by atoms with Gasteiger partial charge in [0.2, 0.25) is 5.91 Å². The molecule has 1 aliphatic rings. The Bertz CT molecular complexity index is 808. The summed E-state index contributed by atoms with van der Waals surface area (Å²) in [6.45, 7) is 1.04. The summed E-state index contributed by atoms with van der Waals surface area (Å²) in [5, 5.41) is 6.23. The average molecular weight is 374 g/mol. The number of urea groups is 1. The molecule has 1 aliphatic heterocycles. The molecule has 3 rings (SSSR count). The Balaban J connectivity index is 1.66. The lowest BCUT2D eigenvalue weighted by atomic mass is 10.2. The van der Waals surface area contributed by atoms with Crippen molar-refractivity contribution >= 4 is 34.9 Å². The molecule has 2 N–H and O–H groups in total. The molecular weight excluding hydrogens is 354 g/mol. The first-order chi connectivity index (χ1) is 12.6. The lowest BCUT2D eigenvalue weighted by molar-refractivity contribution is -0.117. The van der Waals surface area contributed by atoms with Crippen LogP contribution in [0.3, 0.4) is 0 Å². The van der Waals surface area contributed by atoms with E-state index < -0.39 is 0 Å². The van der Waals surface area contributed by atoms with Gasteiger partial charge in [-0.3, -0.25) is 4.79 Å². The smallest absolute Gasteiger partial charge is 0.319 e. The van der Waals surface area contributed by atoms with Crippen LogP contribution in [0.5, 0.6) is 5.75 Å². The van der Waals surface area contributed by atoms with Gasteiger partial charge in [0.25, 0.3) is 0 Å². The summed E-state index contributed by atoms with van der Waals surface area (Å²) in [7, 11) is 1.56. The maximum atomic E-state index is 12.1. The fourth-order valence-corrected chi connectivity index (χ4v) is 2.97. The van der Waals surface area contributed by atoms with Crippen LogP contribution in [0, 0.1) is 0 Å². The van der Waals surface area contributed by atoms with Gasteiger partial charge >= 0.3 is 6.03 Å². The molecule has 6 nitrogen and oxygen atoms in total. The fraction of sp³-hybridized carbons (Fsp3) is 0.263. The molecule has 0 unspecified atom stereocenters. The molecule has 0 spiro atoms. The molecule has 2 aromatic carbocycles. The Kier molecular flexibility index (Phi) is 5.63. The second-order valence-corrected chi connectivity index (χ2v) is 6.41. The van der Waals surface area contributed by atoms with Crippen molar-refractivity contribution in [2.24, 2.45) is 0 Å². The van der Waals surface area contributed by atoms with Gasteiger partial charge in [0, 0.05) is 30.2 Å². The molecule has 26 heavy (non-hydrogen) atoms. The van der Waals surface area contributed by atoms with Crippen molar-refractivity contribution < 1.29 is 14.3 Å². The predicted octanol–water partition coefficient (Wildman–Crippen LogP) is 3.80. The van der Waals surface area contributed by atoms with Gasteiger partial charge < -0.3 is 20.3 Å². The van der Waals surface area contributed by atoms with Crippen molar-refractivity contribution in [2.75, 3.05) is 23.9 Å². The predicted molar refractivity (Wildman–Crippen MR) is 102 cm³/mol. The molecule has 1 saturated heterocycles. The number of carbonyl (C=O) groups is 2. The third kappa shape index (κ3) is 4.26. The van der Waals surface area contributed by atoms with Gasteiger partial charge in [-0.05, 0) is 42.3 Å². The molecule has 136 valence electrons. The van der Waals surface area contributed by atoms with Crippen LogP contribution < -0.4 is 20.3 Å². The van der Waals surface area contributed by atoms with Crippen molar-refractivity contribution in [1.29, 1.82) is 0 Å². The fourth-order valence-electron chi connectivity index (χ4n) is 2.84. The summed E-state index contributed by atoms with van der Waals surface area (Å²) in [6.07, 6.45) is 1.35. The van der Waals surface area contributed by atoms with Crippen LogP contribution in [0.15, 0.2) is 42.5 Å². The first-order valence-corrected chi connectivity index (χ1v) is 8.72. The number of hydrogen-bond donors (Lipinski definition) is 2. The molecule has 3 amide bonds. The Labute approximate surface area is 157 Å². The summed E-state index contributed by atoms with van der Waals surface area (Å²) in [5.41, 5.74) is 2.21. The number of nitrogens with zero attached hydrogens (tertiary/aromatic N) is 1. The van der Waals surface area contributed by atoms with Crippen molar-refractivity contribution in [1.82, 2.24) is 5.32 Å². The van der Waals surface area contributed by atoms with E-state index in [1.807, 2.05) is 12.1 Å². The zero-order valence-corrected chi connectivity index (χ0v) is 15.2. The van der Waals surface area contributed by atoms with Gasteiger partial charge in [-0.25, -0.2) is 4.79 Å². The zero-order chi connectivity index (χ0) is 18.5. The SMILES string of the molecule is COc1ccc(NC(=O)NCc2ccc(Cl)cc2)cc1N1CCCC1=O. The maximum Gasteiger partial charge on any atom is 0.319 e. The highest BCUT2D eigenvalue weighted by atomic mass is 35.5. The average Bonchev–Trinajstić information content (AvgIpc) is 3.07. The summed E-state index contributed by atoms with van der Waals surface area (Å²) in [5.74, 6) is 0.667. The third-order valence-electron chi connectivity index (χ3n) is 4.17. The van der Waals surface area contributed by atoms with E-state index in [-0.39, 0.29) is 11.9 Å². The van der Waals surface area contributed by atoms with Crippen molar-refractivity contribution in [3.63, 3.8) is 0 Å². The second-order valence-electron chi connectivity index (χ2n) is 5.97. The number of methoxy groups -OCH3 is 1. The zero-order valence-electron chi connectivity index (χ0n) is 14.4. The Morgan fingerprint density at radius 3 is 2.65 bits per heavy atom. The third-order valence-corrected chi connectivity index (χ3v) is 4.42. The minimum Gasteiger partial charge on any atom is -0.495 e. The van der Waals surface area contributed by atoms with Gasteiger partial charge in [0.1, 0.15) is 5.75 Å². The molecule has 0 atom stereocenters. The van der Waals surface area contributed by atoms with E-state index in [9.17, 15) is 9.59 Å². The standard InChI is InChI=1S/C19H20ClN3O3/c1-26-17-9-8-15(11-16(17)23-10-2-3-18(23)24)22-19(25)21-12-13-4-6-14(20)7-5-13/h4-9,11H,2-3,10,12H2,1H3,(H2,21,22,25). The van der Waals surface area contributed by atoms with Crippen LogP contribution in [0.25, 0.3) is 0 Å². The maximum absolute atomic E-state index is 12.1. The van der Waals surface area contributed by atoms with Crippen LogP contribution in [0.4, 0.5) is 16.2 Å². The van der Waals surface area contributed by atoms with E-state index in [0.717, 1.165) is 12.0 Å². The number of hydrogen-bond acceptors (Lipinski definition) is 3. The molecule has 0 saturated carbocycles. The van der Waals surface area contributed by atoms with Crippen molar-refractivity contribution in [2.45, 2.75) is 19.4 Å². The van der Waals surface area contributed by atoms with Gasteiger partial charge in [-0.2, -0.15) is 0 Å². The molecule has 0 aromatic heterocycles. The summed E-state index contributed by atoms with van der Waals surface area (Å²) < 4.78 is 5.35. The van der Waals surface area contributed by atoms with E-state index in [2.05, 4.69) is 10.6 Å². The highest BCUT2D eigenvalue weighted by Gasteiger charge is 2.24. The first kappa shape index (κ1) is 18.1. The minimum absolute atomic E-state index is 0.0626. The lowest BCUT2D eigenvalue weighted by Crippen LogP contribution is -2.28. The topological polar surface area (TPSA) is 70.7 Å². The number of rotatable bonds is 5. The highest BCUT2D eigenvalue weighted by Crippen LogP contribution is 2.33. The number of amides is 3. The number of halogens is 1. The van der Waals surface area contributed by atoms with E-state index in [0.29, 0.717) is 41.7 Å². The number of ether oxygens (including phenoxy) is 1. The van der Waals surface area contributed by atoms with Gasteiger partial charge in [0.05, 0.1) is 12.8 Å². The van der Waals surface area contributed by atoms with Crippen LogP contribution in [-0.4, -0.2) is 25.6 Å². The number of carbonyl (C=O) groups excluding carboxylic acids is 2. The van der Waals surface area contributed by atoms with Crippen LogP contribution >= 0.6 is 11.6 Å². The molecule has 0 radical (unpaired) electrons. The summed E-state index contributed by atoms with van der Waals surface area (Å²) in [6, 6.07) is 12.2. The monoisotopic (exact) mass is 373 g/mol. The first-order valence-electron chi connectivity index (χ1n) is 8.34. The van der Waals surface area contributed by atoms with Crippen LogP contribution in [0.2, 0.25) is 5.02 Å². The van der Waals surface area contributed by atoms with E-state index in [4.69, 9.17) is 16.3 Å². The normalized spacial score (nSPS) is 13.6. The minimum atomic E-state index is -0.330. The molecule has 1 fully saturated rings. The van der Waals surface area contributed by atoms with Gasteiger partial charge in [-0.1, -0.05) is 23.7 Å². The summed E-state index contributed by atoms with van der Waals surface area (Å²) in [4.78, 5) is 25.9. The molecule has 7 heteroatoms. The van der Waals surface area contributed by atoms with Gasteiger partial charge in [-0.15, -0.1) is 0 Å². The quantitative estimate of drug-likeness (QED) is 0.837. The number of benzene rings is 2. The Hall–Kier alpha value is -2.73. The molecule has 0 bridgehead atoms. The highest BCUT2D eigenvalue weighted by molar-refractivity contribution is 6.30. The largest absolute Gasteiger partial charge is 0.495 e. The van der Waals surface area contributed by atoms with Crippen molar-refractivity contribution in [3.05, 3.63) is 53.1 Å². The van der Waals surface area contributed by atoms with E-state index in [1.54, 1.807) is 42.3 Å². The molecule has 0 aliphatic carbocycles. The second kappa shape index (κ2) is 8.10. The van der Waals surface area contributed by atoms with E-state index in [1.165, 1.54) is 0 Å². The van der Waals surface area contributed by atoms with Crippen LogP contribution in [-0.2, 0) is 11.3 Å². The number of anilines is 2. The van der Waals surface area contributed by atoms with Gasteiger partial charge in [0.15, 0.2) is 0 Å².